The molecule has 0 bridgehead atoms. The van der Waals surface area contributed by atoms with Crippen LogP contribution < -0.4 is 10.1 Å². The van der Waals surface area contributed by atoms with Crippen molar-refractivity contribution in [3.05, 3.63) is 48.0 Å². The molecule has 4 heteroatoms. The van der Waals surface area contributed by atoms with Crippen LogP contribution in [0.4, 0.5) is 0 Å². The highest BCUT2D eigenvalue weighted by molar-refractivity contribution is 5.37. The third-order valence-electron chi connectivity index (χ3n) is 4.13. The second kappa shape index (κ2) is 6.31. The van der Waals surface area contributed by atoms with E-state index in [4.69, 9.17) is 4.74 Å². The molecule has 1 aromatic heterocycles. The van der Waals surface area contributed by atoms with Gasteiger partial charge in [0.15, 0.2) is 0 Å². The van der Waals surface area contributed by atoms with Gasteiger partial charge in [-0.25, -0.2) is 4.98 Å². The first-order chi connectivity index (χ1) is 10.3. The van der Waals surface area contributed by atoms with Gasteiger partial charge in [-0.3, -0.25) is 0 Å². The summed E-state index contributed by atoms with van der Waals surface area (Å²) >= 11 is 0. The van der Waals surface area contributed by atoms with Crippen LogP contribution in [0.5, 0.6) is 5.75 Å². The van der Waals surface area contributed by atoms with E-state index in [2.05, 4.69) is 46.9 Å². The normalized spacial score (nSPS) is 18.3. The van der Waals surface area contributed by atoms with Crippen LogP contribution in [0, 0.1) is 0 Å². The molecule has 0 fully saturated rings. The first-order valence-corrected chi connectivity index (χ1v) is 7.79. The van der Waals surface area contributed by atoms with Gasteiger partial charge in [-0.05, 0) is 25.1 Å². The number of aromatic nitrogens is 2. The summed E-state index contributed by atoms with van der Waals surface area (Å²) in [6.45, 7) is 6.18. The maximum Gasteiger partial charge on any atom is 0.123 e. The zero-order valence-electron chi connectivity index (χ0n) is 12.7. The summed E-state index contributed by atoms with van der Waals surface area (Å²) in [5.74, 6) is 2.16. The average Bonchev–Trinajstić information content (AvgIpc) is 3.12. The lowest BCUT2D eigenvalue weighted by atomic mass is 10.0. The monoisotopic (exact) mass is 285 g/mol. The number of imidazole rings is 1. The highest BCUT2D eigenvalue weighted by Crippen LogP contribution is 2.30. The van der Waals surface area contributed by atoms with Gasteiger partial charge in [-0.1, -0.05) is 25.1 Å². The van der Waals surface area contributed by atoms with Crippen molar-refractivity contribution in [3.8, 4) is 5.75 Å². The molecule has 2 aromatic rings. The molecular weight excluding hydrogens is 262 g/mol. The molecular formula is C17H23N3O. The number of hydrogen-bond donors (Lipinski definition) is 1. The smallest absolute Gasteiger partial charge is 0.123 e. The molecule has 4 nitrogen and oxygen atoms in total. The Morgan fingerprint density at radius 2 is 2.24 bits per heavy atom. The summed E-state index contributed by atoms with van der Waals surface area (Å²) in [4.78, 5) is 4.50. The van der Waals surface area contributed by atoms with Crippen LogP contribution in [-0.2, 0) is 19.4 Å². The van der Waals surface area contributed by atoms with Crippen LogP contribution in [0.15, 0.2) is 36.7 Å². The highest BCUT2D eigenvalue weighted by atomic mass is 16.5. The first-order valence-electron chi connectivity index (χ1n) is 7.79. The van der Waals surface area contributed by atoms with Crippen molar-refractivity contribution in [3.63, 3.8) is 0 Å². The van der Waals surface area contributed by atoms with Crippen molar-refractivity contribution in [2.75, 3.05) is 6.54 Å². The lowest BCUT2D eigenvalue weighted by Crippen LogP contribution is -2.44. The first kappa shape index (κ1) is 14.1. The number of nitrogens with zero attached hydrogens (tertiary/aromatic N) is 2. The predicted molar refractivity (Wildman–Crippen MR) is 83.6 cm³/mol. The van der Waals surface area contributed by atoms with Gasteiger partial charge in [-0.2, -0.15) is 0 Å². The Labute approximate surface area is 126 Å². The number of hydrogen-bond acceptors (Lipinski definition) is 3. The SMILES string of the molecule is CCNC(Cc1nccn1CC)C1Cc2ccccc2O1. The molecule has 3 rings (SSSR count). The molecule has 0 spiro atoms. The van der Waals surface area contributed by atoms with E-state index in [1.807, 2.05) is 18.5 Å². The maximum atomic E-state index is 6.14. The molecule has 0 aliphatic carbocycles. The molecule has 2 heterocycles. The minimum absolute atomic E-state index is 0.185. The lowest BCUT2D eigenvalue weighted by molar-refractivity contribution is 0.176. The van der Waals surface area contributed by atoms with Crippen LogP contribution in [0.25, 0.3) is 0 Å². The summed E-state index contributed by atoms with van der Waals surface area (Å²) < 4.78 is 8.35. The van der Waals surface area contributed by atoms with Crippen molar-refractivity contribution in [1.82, 2.24) is 14.9 Å². The zero-order chi connectivity index (χ0) is 14.7. The van der Waals surface area contributed by atoms with Crippen molar-refractivity contribution in [2.45, 2.75) is 45.4 Å². The molecule has 1 aromatic carbocycles. The van der Waals surface area contributed by atoms with Gasteiger partial charge >= 0.3 is 0 Å². The number of nitrogens with one attached hydrogen (secondary N) is 1. The molecule has 1 N–H and O–H groups in total. The summed E-state index contributed by atoms with van der Waals surface area (Å²) in [7, 11) is 0. The summed E-state index contributed by atoms with van der Waals surface area (Å²) in [6, 6.07) is 8.62. The lowest BCUT2D eigenvalue weighted by Gasteiger charge is -2.24. The van der Waals surface area contributed by atoms with Crippen LogP contribution in [-0.4, -0.2) is 28.2 Å². The van der Waals surface area contributed by atoms with Gasteiger partial charge in [-0.15, -0.1) is 0 Å². The van der Waals surface area contributed by atoms with Gasteiger partial charge < -0.3 is 14.6 Å². The topological polar surface area (TPSA) is 39.1 Å². The van der Waals surface area contributed by atoms with Gasteiger partial charge in [0.05, 0.1) is 6.04 Å². The van der Waals surface area contributed by atoms with Crippen molar-refractivity contribution >= 4 is 0 Å². The van der Waals surface area contributed by atoms with Gasteiger partial charge in [0, 0.05) is 31.8 Å². The molecule has 1 aliphatic rings. The van der Waals surface area contributed by atoms with E-state index in [-0.39, 0.29) is 12.1 Å². The number of ether oxygens (including phenoxy) is 1. The van der Waals surface area contributed by atoms with E-state index in [1.165, 1.54) is 5.56 Å². The Balaban J connectivity index is 1.74. The molecule has 0 amide bonds. The molecule has 112 valence electrons. The average molecular weight is 285 g/mol. The van der Waals surface area contributed by atoms with E-state index in [1.54, 1.807) is 0 Å². The van der Waals surface area contributed by atoms with E-state index in [0.717, 1.165) is 37.5 Å². The minimum atomic E-state index is 0.185. The Morgan fingerprint density at radius 1 is 1.38 bits per heavy atom. The summed E-state index contributed by atoms with van der Waals surface area (Å²) in [6.07, 6.45) is 5.98. The Morgan fingerprint density at radius 3 is 3.00 bits per heavy atom. The maximum absolute atomic E-state index is 6.14. The van der Waals surface area contributed by atoms with E-state index < -0.39 is 0 Å². The van der Waals surface area contributed by atoms with Crippen LogP contribution in [0.1, 0.15) is 25.2 Å². The number of rotatable bonds is 6. The number of para-hydroxylation sites is 1. The molecule has 2 unspecified atom stereocenters. The Kier molecular flexibility index (Phi) is 4.25. The predicted octanol–water partition coefficient (Wildman–Crippen LogP) is 2.43. The zero-order valence-corrected chi connectivity index (χ0v) is 12.7. The van der Waals surface area contributed by atoms with Gasteiger partial charge in [0.2, 0.25) is 0 Å². The van der Waals surface area contributed by atoms with Crippen LogP contribution in [0.3, 0.4) is 0 Å². The third-order valence-corrected chi connectivity index (χ3v) is 4.13. The van der Waals surface area contributed by atoms with E-state index >= 15 is 0 Å². The fourth-order valence-electron chi connectivity index (χ4n) is 3.05. The van der Waals surface area contributed by atoms with Crippen LogP contribution in [0.2, 0.25) is 0 Å². The standard InChI is InChI=1S/C17H23N3O/c1-3-18-14(12-17-19-9-10-20(17)4-2)16-11-13-7-5-6-8-15(13)21-16/h5-10,14,16,18H,3-4,11-12H2,1-2H3. The Hall–Kier alpha value is -1.81. The second-order valence-electron chi connectivity index (χ2n) is 5.47. The van der Waals surface area contributed by atoms with Crippen molar-refractivity contribution in [2.24, 2.45) is 0 Å². The Bertz CT molecular complexity index is 568. The van der Waals surface area contributed by atoms with Gasteiger partial charge in [0.25, 0.3) is 0 Å². The fraction of sp³-hybridized carbons (Fsp3) is 0.471. The molecule has 1 aliphatic heterocycles. The number of likely N-dealkylation sites (N-methyl/N-ethyl adjacent to an activating group) is 1. The minimum Gasteiger partial charge on any atom is -0.488 e. The second-order valence-corrected chi connectivity index (χ2v) is 5.47. The molecule has 0 saturated carbocycles. The molecule has 2 atom stereocenters. The number of aryl methyl sites for hydroxylation is 1. The van der Waals surface area contributed by atoms with Gasteiger partial charge in [0.1, 0.15) is 17.7 Å². The third kappa shape index (κ3) is 2.95. The molecule has 0 radical (unpaired) electrons. The number of fused-ring (bicyclic) bond motifs is 1. The fourth-order valence-corrected chi connectivity index (χ4v) is 3.05. The quantitative estimate of drug-likeness (QED) is 0.886. The van der Waals surface area contributed by atoms with Crippen molar-refractivity contribution in [1.29, 1.82) is 0 Å². The van der Waals surface area contributed by atoms with E-state index in [9.17, 15) is 0 Å². The summed E-state index contributed by atoms with van der Waals surface area (Å²) in [5.41, 5.74) is 1.31. The number of benzene rings is 1. The van der Waals surface area contributed by atoms with Crippen molar-refractivity contribution < 1.29 is 4.74 Å². The largest absolute Gasteiger partial charge is 0.488 e. The molecule has 21 heavy (non-hydrogen) atoms. The van der Waals surface area contributed by atoms with E-state index in [0.29, 0.717) is 0 Å². The highest BCUT2D eigenvalue weighted by Gasteiger charge is 2.30. The summed E-state index contributed by atoms with van der Waals surface area (Å²) in [5, 5.41) is 3.57. The molecule has 0 saturated heterocycles. The van der Waals surface area contributed by atoms with Crippen LogP contribution >= 0.6 is 0 Å².